The molecule has 4 heteroatoms. The topological polar surface area (TPSA) is 29.1 Å². The van der Waals surface area contributed by atoms with Gasteiger partial charge in [0.25, 0.3) is 0 Å². The smallest absolute Gasteiger partial charge is 0.234 e. The number of carbonyl (C=O) groups excluding carboxylic acids is 1. The number of thiophene rings is 1. The van der Waals surface area contributed by atoms with Crippen LogP contribution in [0.3, 0.4) is 0 Å². The van der Waals surface area contributed by atoms with Gasteiger partial charge in [0.05, 0.1) is 5.75 Å². The Bertz CT molecular complexity index is 797. The minimum atomic E-state index is 0.0160. The second-order valence-corrected chi connectivity index (χ2v) is 7.09. The highest BCUT2D eigenvalue weighted by molar-refractivity contribution is 8.00. The van der Waals surface area contributed by atoms with Crippen molar-refractivity contribution in [2.45, 2.75) is 11.8 Å². The number of nitrogens with one attached hydrogen (secondary N) is 1. The third kappa shape index (κ3) is 4.03. The molecule has 0 radical (unpaired) electrons. The maximum Gasteiger partial charge on any atom is 0.234 e. The lowest BCUT2D eigenvalue weighted by Crippen LogP contribution is -2.14. The van der Waals surface area contributed by atoms with Crippen LogP contribution in [0.1, 0.15) is 5.56 Å². The second kappa shape index (κ2) is 7.49. The van der Waals surface area contributed by atoms with E-state index in [1.807, 2.05) is 53.9 Å². The van der Waals surface area contributed by atoms with Crippen LogP contribution in [-0.2, 0) is 4.79 Å². The molecule has 23 heavy (non-hydrogen) atoms. The monoisotopic (exact) mass is 339 g/mol. The highest BCUT2D eigenvalue weighted by Crippen LogP contribution is 2.31. The molecular weight excluding hydrogens is 322 g/mol. The average Bonchev–Trinajstić information content (AvgIpc) is 3.09. The molecule has 0 saturated heterocycles. The van der Waals surface area contributed by atoms with E-state index >= 15 is 0 Å². The van der Waals surface area contributed by atoms with Crippen LogP contribution in [-0.4, -0.2) is 11.7 Å². The van der Waals surface area contributed by atoms with Gasteiger partial charge >= 0.3 is 0 Å². The van der Waals surface area contributed by atoms with E-state index in [0.29, 0.717) is 5.75 Å². The van der Waals surface area contributed by atoms with Crippen LogP contribution in [0.15, 0.2) is 70.9 Å². The Labute approximate surface area is 144 Å². The number of hydrogen-bond acceptors (Lipinski definition) is 3. The molecule has 1 N–H and O–H groups in total. The van der Waals surface area contributed by atoms with Gasteiger partial charge in [-0.2, -0.15) is 0 Å². The molecule has 1 amide bonds. The van der Waals surface area contributed by atoms with Crippen molar-refractivity contribution in [3.05, 3.63) is 71.6 Å². The van der Waals surface area contributed by atoms with Crippen molar-refractivity contribution in [1.29, 1.82) is 0 Å². The van der Waals surface area contributed by atoms with E-state index in [2.05, 4.69) is 24.4 Å². The number of aryl methyl sites for hydroxylation is 1. The molecule has 0 atom stereocenters. The van der Waals surface area contributed by atoms with E-state index in [1.165, 1.54) is 5.56 Å². The predicted molar refractivity (Wildman–Crippen MR) is 100 cm³/mol. The molecular formula is C19H17NOS2. The van der Waals surface area contributed by atoms with Gasteiger partial charge in [-0.15, -0.1) is 23.1 Å². The first kappa shape index (κ1) is 15.8. The van der Waals surface area contributed by atoms with Crippen LogP contribution in [0, 0.1) is 6.92 Å². The summed E-state index contributed by atoms with van der Waals surface area (Å²) in [5.74, 6) is 0.422. The lowest BCUT2D eigenvalue weighted by molar-refractivity contribution is -0.113. The summed E-state index contributed by atoms with van der Waals surface area (Å²) in [6.45, 7) is 2.06. The molecule has 3 rings (SSSR count). The first-order valence-electron chi connectivity index (χ1n) is 7.35. The van der Waals surface area contributed by atoms with Gasteiger partial charge in [0.2, 0.25) is 5.91 Å². The zero-order valence-corrected chi connectivity index (χ0v) is 14.4. The maximum atomic E-state index is 12.3. The Kier molecular flexibility index (Phi) is 5.16. The van der Waals surface area contributed by atoms with Crippen molar-refractivity contribution in [3.8, 4) is 10.4 Å². The molecule has 0 fully saturated rings. The minimum absolute atomic E-state index is 0.0160. The molecule has 0 aliphatic heterocycles. The quantitative estimate of drug-likeness (QED) is 0.626. The Hall–Kier alpha value is -2.04. The van der Waals surface area contributed by atoms with E-state index in [-0.39, 0.29) is 5.91 Å². The fourth-order valence-corrected chi connectivity index (χ4v) is 3.88. The van der Waals surface area contributed by atoms with Crippen molar-refractivity contribution in [1.82, 2.24) is 0 Å². The summed E-state index contributed by atoms with van der Waals surface area (Å²) < 4.78 is 0. The van der Waals surface area contributed by atoms with Gasteiger partial charge in [0.15, 0.2) is 0 Å². The summed E-state index contributed by atoms with van der Waals surface area (Å²) >= 11 is 3.24. The molecule has 1 aromatic heterocycles. The standard InChI is InChI=1S/C19H17NOS2/c1-14-7-2-5-10-17(14)23-13-19(21)20-16-9-4-3-8-15(16)18-11-6-12-22-18/h2-12H,13H2,1H3,(H,20,21). The lowest BCUT2D eigenvalue weighted by atomic mass is 10.1. The second-order valence-electron chi connectivity index (χ2n) is 5.13. The molecule has 0 bridgehead atoms. The lowest BCUT2D eigenvalue weighted by Gasteiger charge is -2.10. The van der Waals surface area contributed by atoms with E-state index in [4.69, 9.17) is 0 Å². The Morgan fingerprint density at radius 3 is 2.61 bits per heavy atom. The van der Waals surface area contributed by atoms with Gasteiger partial charge in [-0.05, 0) is 36.1 Å². The first-order chi connectivity index (χ1) is 11.2. The number of thioether (sulfide) groups is 1. The van der Waals surface area contributed by atoms with E-state index < -0.39 is 0 Å². The zero-order chi connectivity index (χ0) is 16.1. The maximum absolute atomic E-state index is 12.3. The number of benzene rings is 2. The first-order valence-corrected chi connectivity index (χ1v) is 9.22. The van der Waals surface area contributed by atoms with E-state index in [0.717, 1.165) is 21.0 Å². The van der Waals surface area contributed by atoms with Crippen LogP contribution >= 0.6 is 23.1 Å². The third-order valence-corrected chi connectivity index (χ3v) is 5.52. The van der Waals surface area contributed by atoms with Gasteiger partial charge in [-0.3, -0.25) is 4.79 Å². The van der Waals surface area contributed by atoms with Gasteiger partial charge in [-0.1, -0.05) is 42.5 Å². The average molecular weight is 339 g/mol. The van der Waals surface area contributed by atoms with Gasteiger partial charge in [-0.25, -0.2) is 0 Å². The summed E-state index contributed by atoms with van der Waals surface area (Å²) in [6, 6.07) is 20.1. The molecule has 0 aliphatic carbocycles. The van der Waals surface area contributed by atoms with Crippen molar-refractivity contribution in [2.75, 3.05) is 11.1 Å². The normalized spacial score (nSPS) is 10.5. The molecule has 2 nitrogen and oxygen atoms in total. The fourth-order valence-electron chi connectivity index (χ4n) is 2.29. The van der Waals surface area contributed by atoms with Crippen molar-refractivity contribution in [2.24, 2.45) is 0 Å². The van der Waals surface area contributed by atoms with Crippen LogP contribution in [0.2, 0.25) is 0 Å². The summed E-state index contributed by atoms with van der Waals surface area (Å²) in [4.78, 5) is 14.6. The number of hydrogen-bond donors (Lipinski definition) is 1. The minimum Gasteiger partial charge on any atom is -0.325 e. The molecule has 0 unspecified atom stereocenters. The van der Waals surface area contributed by atoms with E-state index in [1.54, 1.807) is 23.1 Å². The zero-order valence-electron chi connectivity index (χ0n) is 12.8. The summed E-state index contributed by atoms with van der Waals surface area (Å²) in [7, 11) is 0. The number of carbonyl (C=O) groups is 1. The largest absolute Gasteiger partial charge is 0.325 e. The van der Waals surface area contributed by atoms with Crippen LogP contribution in [0.5, 0.6) is 0 Å². The molecule has 3 aromatic rings. The number of para-hydroxylation sites is 1. The van der Waals surface area contributed by atoms with Crippen molar-refractivity contribution >= 4 is 34.7 Å². The number of amides is 1. The predicted octanol–water partition coefficient (Wildman–Crippen LogP) is 5.45. The molecule has 0 spiro atoms. The molecule has 2 aromatic carbocycles. The molecule has 0 aliphatic rings. The summed E-state index contributed by atoms with van der Waals surface area (Å²) in [5.41, 5.74) is 3.13. The Morgan fingerprint density at radius 1 is 1.04 bits per heavy atom. The number of anilines is 1. The van der Waals surface area contributed by atoms with Crippen LogP contribution in [0.4, 0.5) is 5.69 Å². The van der Waals surface area contributed by atoms with Crippen LogP contribution < -0.4 is 5.32 Å². The van der Waals surface area contributed by atoms with Gasteiger partial charge < -0.3 is 5.32 Å². The van der Waals surface area contributed by atoms with Gasteiger partial charge in [0.1, 0.15) is 0 Å². The Morgan fingerprint density at radius 2 is 1.83 bits per heavy atom. The van der Waals surface area contributed by atoms with Crippen molar-refractivity contribution < 1.29 is 4.79 Å². The number of rotatable bonds is 5. The highest BCUT2D eigenvalue weighted by Gasteiger charge is 2.09. The van der Waals surface area contributed by atoms with Crippen molar-refractivity contribution in [3.63, 3.8) is 0 Å². The molecule has 116 valence electrons. The summed E-state index contributed by atoms with van der Waals surface area (Å²) in [5, 5.41) is 5.08. The third-order valence-electron chi connectivity index (χ3n) is 3.44. The SMILES string of the molecule is Cc1ccccc1SCC(=O)Nc1ccccc1-c1cccs1. The molecule has 0 saturated carbocycles. The van der Waals surface area contributed by atoms with Gasteiger partial charge in [0, 0.05) is 21.0 Å². The Balaban J connectivity index is 1.68. The van der Waals surface area contributed by atoms with E-state index in [9.17, 15) is 4.79 Å². The fraction of sp³-hybridized carbons (Fsp3) is 0.105. The summed E-state index contributed by atoms with van der Waals surface area (Å²) in [6.07, 6.45) is 0. The highest BCUT2D eigenvalue weighted by atomic mass is 32.2. The molecule has 1 heterocycles. The van der Waals surface area contributed by atoms with Crippen LogP contribution in [0.25, 0.3) is 10.4 Å².